The monoisotopic (exact) mass is 368 g/mol. The summed E-state index contributed by atoms with van der Waals surface area (Å²) in [4.78, 5) is -0.0979. The Kier molecular flexibility index (Phi) is 5.27. The van der Waals surface area contributed by atoms with Crippen LogP contribution in [0.5, 0.6) is 5.75 Å². The molecule has 24 heavy (non-hydrogen) atoms. The number of ether oxygens (including phenoxy) is 1. The zero-order chi connectivity index (χ0) is 17.8. The normalized spacial score (nSPS) is 12.2. The standard InChI is InChI=1S/C15H16N2O5S2/c1-22-14-6-2-12(3-7-14)10-11-23(18,19)17-13-4-8-15(9-5-13)24(16,20)21/h2-11,17H,1H3,(H2,16,20,21)/b11-10+. The molecule has 0 unspecified atom stereocenters. The number of anilines is 1. The summed E-state index contributed by atoms with van der Waals surface area (Å²) in [6, 6.07) is 11.9. The number of hydrogen-bond acceptors (Lipinski definition) is 5. The zero-order valence-electron chi connectivity index (χ0n) is 12.7. The molecule has 0 bridgehead atoms. The molecule has 0 aliphatic rings. The van der Waals surface area contributed by atoms with Crippen molar-refractivity contribution in [2.45, 2.75) is 4.90 Å². The Morgan fingerprint density at radius 3 is 2.04 bits per heavy atom. The quantitative estimate of drug-likeness (QED) is 0.806. The van der Waals surface area contributed by atoms with Gasteiger partial charge in [-0.25, -0.2) is 22.0 Å². The lowest BCUT2D eigenvalue weighted by atomic mass is 10.2. The third-order valence-corrected chi connectivity index (χ3v) is 4.94. The highest BCUT2D eigenvalue weighted by atomic mass is 32.2. The van der Waals surface area contributed by atoms with Crippen molar-refractivity contribution in [3.8, 4) is 5.75 Å². The Bertz CT molecular complexity index is 932. The summed E-state index contributed by atoms with van der Waals surface area (Å²) in [5.74, 6) is 0.670. The molecule has 0 amide bonds. The van der Waals surface area contributed by atoms with Gasteiger partial charge in [0, 0.05) is 5.69 Å². The molecule has 2 aromatic carbocycles. The van der Waals surface area contributed by atoms with Crippen LogP contribution >= 0.6 is 0 Å². The number of rotatable bonds is 6. The van der Waals surface area contributed by atoms with Crippen molar-refractivity contribution in [1.82, 2.24) is 0 Å². The van der Waals surface area contributed by atoms with Crippen molar-refractivity contribution in [1.29, 1.82) is 0 Å². The highest BCUT2D eigenvalue weighted by Crippen LogP contribution is 2.16. The van der Waals surface area contributed by atoms with Gasteiger partial charge in [-0.1, -0.05) is 12.1 Å². The van der Waals surface area contributed by atoms with E-state index in [1.165, 1.54) is 30.3 Å². The highest BCUT2D eigenvalue weighted by Gasteiger charge is 2.09. The van der Waals surface area contributed by atoms with E-state index in [1.54, 1.807) is 31.4 Å². The fraction of sp³-hybridized carbons (Fsp3) is 0.0667. The lowest BCUT2D eigenvalue weighted by molar-refractivity contribution is 0.415. The van der Waals surface area contributed by atoms with Crippen LogP contribution in [0, 0.1) is 0 Å². The van der Waals surface area contributed by atoms with Crippen molar-refractivity contribution in [3.05, 3.63) is 59.5 Å². The Hall–Kier alpha value is -2.36. The second-order valence-corrected chi connectivity index (χ2v) is 7.92. The number of nitrogens with two attached hydrogens (primary N) is 1. The van der Waals surface area contributed by atoms with E-state index >= 15 is 0 Å². The first-order valence-electron chi connectivity index (χ1n) is 6.67. The molecule has 128 valence electrons. The lowest BCUT2D eigenvalue weighted by Crippen LogP contribution is -2.12. The number of hydrogen-bond donors (Lipinski definition) is 2. The van der Waals surface area contributed by atoms with E-state index in [0.29, 0.717) is 11.3 Å². The third-order valence-electron chi connectivity index (χ3n) is 3.00. The van der Waals surface area contributed by atoms with Crippen LogP contribution in [-0.2, 0) is 20.0 Å². The van der Waals surface area contributed by atoms with Gasteiger partial charge in [0.05, 0.1) is 17.4 Å². The fourth-order valence-corrected chi connectivity index (χ4v) is 3.18. The topological polar surface area (TPSA) is 116 Å². The molecule has 0 saturated carbocycles. The molecule has 0 spiro atoms. The molecule has 3 N–H and O–H groups in total. The Labute approximate surface area is 140 Å². The van der Waals surface area contributed by atoms with Crippen molar-refractivity contribution >= 4 is 31.8 Å². The molecule has 2 rings (SSSR count). The molecule has 7 nitrogen and oxygen atoms in total. The number of primary sulfonamides is 1. The van der Waals surface area contributed by atoms with Gasteiger partial charge in [0.2, 0.25) is 10.0 Å². The molecule has 0 atom stereocenters. The van der Waals surface area contributed by atoms with E-state index in [-0.39, 0.29) is 10.6 Å². The molecule has 0 fully saturated rings. The first kappa shape index (κ1) is 18.0. The van der Waals surface area contributed by atoms with Crippen molar-refractivity contribution in [3.63, 3.8) is 0 Å². The van der Waals surface area contributed by atoms with Gasteiger partial charge >= 0.3 is 0 Å². The number of nitrogens with one attached hydrogen (secondary N) is 1. The number of sulfonamides is 2. The lowest BCUT2D eigenvalue weighted by Gasteiger charge is -2.05. The summed E-state index contributed by atoms with van der Waals surface area (Å²) in [6.45, 7) is 0. The molecule has 0 heterocycles. The van der Waals surface area contributed by atoms with Crippen LogP contribution in [0.15, 0.2) is 58.8 Å². The highest BCUT2D eigenvalue weighted by molar-refractivity contribution is 7.95. The molecule has 0 radical (unpaired) electrons. The van der Waals surface area contributed by atoms with Crippen LogP contribution in [0.4, 0.5) is 5.69 Å². The number of benzene rings is 2. The van der Waals surface area contributed by atoms with Crippen LogP contribution in [0.3, 0.4) is 0 Å². The van der Waals surface area contributed by atoms with Gasteiger partial charge in [0.1, 0.15) is 5.75 Å². The molecule has 0 aliphatic heterocycles. The summed E-state index contributed by atoms with van der Waals surface area (Å²) in [6.07, 6.45) is 1.43. The van der Waals surface area contributed by atoms with Gasteiger partial charge in [0.25, 0.3) is 10.0 Å². The maximum atomic E-state index is 12.0. The van der Waals surface area contributed by atoms with Crippen LogP contribution in [0.25, 0.3) is 6.08 Å². The van der Waals surface area contributed by atoms with Gasteiger partial charge in [-0.15, -0.1) is 0 Å². The van der Waals surface area contributed by atoms with Crippen LogP contribution < -0.4 is 14.6 Å². The SMILES string of the molecule is COc1ccc(/C=C/S(=O)(=O)Nc2ccc(S(N)(=O)=O)cc2)cc1. The predicted octanol–water partition coefficient (Wildman–Crippen LogP) is 1.76. The van der Waals surface area contributed by atoms with E-state index < -0.39 is 20.0 Å². The molecular weight excluding hydrogens is 352 g/mol. The van der Waals surface area contributed by atoms with Crippen LogP contribution in [0.2, 0.25) is 0 Å². The first-order chi connectivity index (χ1) is 11.2. The van der Waals surface area contributed by atoms with Gasteiger partial charge in [-0.2, -0.15) is 0 Å². The minimum absolute atomic E-state index is 0.0979. The summed E-state index contributed by atoms with van der Waals surface area (Å²) >= 11 is 0. The van der Waals surface area contributed by atoms with Crippen molar-refractivity contribution in [2.75, 3.05) is 11.8 Å². The minimum Gasteiger partial charge on any atom is -0.497 e. The minimum atomic E-state index is -3.82. The second-order valence-electron chi connectivity index (χ2n) is 4.79. The molecule has 9 heteroatoms. The first-order valence-corrected chi connectivity index (χ1v) is 9.77. The summed E-state index contributed by atoms with van der Waals surface area (Å²) in [5.41, 5.74) is 0.910. The largest absolute Gasteiger partial charge is 0.497 e. The van der Waals surface area contributed by atoms with E-state index in [2.05, 4.69) is 4.72 Å². The smallest absolute Gasteiger partial charge is 0.255 e. The Morgan fingerprint density at radius 1 is 0.958 bits per heavy atom. The Morgan fingerprint density at radius 2 is 1.54 bits per heavy atom. The fourth-order valence-electron chi connectivity index (χ4n) is 1.79. The maximum absolute atomic E-state index is 12.0. The molecule has 2 aromatic rings. The summed E-state index contributed by atoms with van der Waals surface area (Å²) in [5, 5.41) is 6.00. The molecule has 0 saturated heterocycles. The summed E-state index contributed by atoms with van der Waals surface area (Å²) < 4.78 is 53.7. The average Bonchev–Trinajstić information content (AvgIpc) is 2.53. The van der Waals surface area contributed by atoms with E-state index in [0.717, 1.165) is 5.41 Å². The van der Waals surface area contributed by atoms with Gasteiger partial charge in [-0.3, -0.25) is 4.72 Å². The average molecular weight is 368 g/mol. The van der Waals surface area contributed by atoms with Crippen LogP contribution in [-0.4, -0.2) is 23.9 Å². The third kappa shape index (κ3) is 5.08. The molecule has 0 aliphatic carbocycles. The second kappa shape index (κ2) is 7.04. The van der Waals surface area contributed by atoms with Gasteiger partial charge in [0.15, 0.2) is 0 Å². The van der Waals surface area contributed by atoms with E-state index in [9.17, 15) is 16.8 Å². The van der Waals surface area contributed by atoms with E-state index in [1.807, 2.05) is 0 Å². The summed E-state index contributed by atoms with van der Waals surface area (Å²) in [7, 11) is -6.01. The zero-order valence-corrected chi connectivity index (χ0v) is 14.3. The number of methoxy groups -OCH3 is 1. The molecular formula is C15H16N2O5S2. The Balaban J connectivity index is 2.11. The van der Waals surface area contributed by atoms with Gasteiger partial charge < -0.3 is 4.74 Å². The van der Waals surface area contributed by atoms with Crippen molar-refractivity contribution < 1.29 is 21.6 Å². The van der Waals surface area contributed by atoms with Crippen molar-refractivity contribution in [2.24, 2.45) is 5.14 Å². The van der Waals surface area contributed by atoms with Crippen LogP contribution in [0.1, 0.15) is 5.56 Å². The van der Waals surface area contributed by atoms with Gasteiger partial charge in [-0.05, 0) is 48.0 Å². The van der Waals surface area contributed by atoms with E-state index in [4.69, 9.17) is 9.88 Å². The predicted molar refractivity (Wildman–Crippen MR) is 92.4 cm³/mol. The maximum Gasteiger partial charge on any atom is 0.255 e. The molecule has 0 aromatic heterocycles.